The van der Waals surface area contributed by atoms with E-state index in [-0.39, 0.29) is 5.91 Å². The molecule has 156 valence electrons. The number of hydrogen-bond donors (Lipinski definition) is 1. The number of carbonyl (C=O) groups is 2. The van der Waals surface area contributed by atoms with Crippen LogP contribution in [-0.4, -0.2) is 19.2 Å². The van der Waals surface area contributed by atoms with Gasteiger partial charge in [-0.2, -0.15) is 0 Å². The fourth-order valence-corrected chi connectivity index (χ4v) is 3.38. The minimum absolute atomic E-state index is 0.169. The Morgan fingerprint density at radius 2 is 1.80 bits per heavy atom. The molecule has 2 rings (SSSR count). The molecule has 0 bridgehead atoms. The van der Waals surface area contributed by atoms with Crippen molar-refractivity contribution in [3.63, 3.8) is 0 Å². The maximum absolute atomic E-state index is 12.8. The molecule has 0 radical (unpaired) electrons. The van der Waals surface area contributed by atoms with Crippen LogP contribution in [0.2, 0.25) is 0 Å². The highest BCUT2D eigenvalue weighted by molar-refractivity contribution is 6.04. The summed E-state index contributed by atoms with van der Waals surface area (Å²) in [6.07, 6.45) is 10.2. The van der Waals surface area contributed by atoms with E-state index in [1.165, 1.54) is 7.11 Å². The Bertz CT molecular complexity index is 977. The lowest BCUT2D eigenvalue weighted by molar-refractivity contribution is -0.117. The molecule has 0 aromatic heterocycles. The first-order valence-corrected chi connectivity index (χ1v) is 9.50. The van der Waals surface area contributed by atoms with E-state index in [2.05, 4.69) is 23.2 Å². The van der Waals surface area contributed by atoms with Gasteiger partial charge in [-0.3, -0.25) is 4.79 Å². The fraction of sp³-hybridized carbons (Fsp3) is 0.200. The molecule has 1 N–H and O–H groups in total. The predicted molar refractivity (Wildman–Crippen MR) is 119 cm³/mol. The second-order valence-corrected chi connectivity index (χ2v) is 6.77. The average Bonchev–Trinajstić information content (AvgIpc) is 3.04. The molecule has 0 aliphatic carbocycles. The molecule has 0 saturated carbocycles. The lowest BCUT2D eigenvalue weighted by atomic mass is 9.76. The van der Waals surface area contributed by atoms with Crippen LogP contribution in [0.15, 0.2) is 96.2 Å². The third-order valence-corrected chi connectivity index (χ3v) is 4.98. The van der Waals surface area contributed by atoms with Crippen LogP contribution in [0.3, 0.4) is 0 Å². The Morgan fingerprint density at radius 1 is 1.13 bits per heavy atom. The molecule has 1 aromatic rings. The number of nitrogens with one attached hydrogen (secondary N) is 1. The third kappa shape index (κ3) is 4.35. The maximum atomic E-state index is 12.8. The van der Waals surface area contributed by atoms with E-state index >= 15 is 0 Å². The van der Waals surface area contributed by atoms with Crippen LogP contribution in [0.5, 0.6) is 5.75 Å². The van der Waals surface area contributed by atoms with Crippen molar-refractivity contribution in [1.82, 2.24) is 5.32 Å². The minimum atomic E-state index is -0.894. The summed E-state index contributed by atoms with van der Waals surface area (Å²) in [7, 11) is 1.25. The van der Waals surface area contributed by atoms with Crippen molar-refractivity contribution in [2.24, 2.45) is 0 Å². The molecule has 1 aliphatic heterocycles. The maximum Gasteiger partial charge on any atom is 0.513 e. The van der Waals surface area contributed by atoms with Gasteiger partial charge in [-0.25, -0.2) is 4.79 Å². The zero-order valence-corrected chi connectivity index (χ0v) is 17.8. The highest BCUT2D eigenvalue weighted by Gasteiger charge is 2.47. The van der Waals surface area contributed by atoms with Crippen molar-refractivity contribution in [3.05, 3.63) is 102 Å². The highest BCUT2D eigenvalue weighted by Crippen LogP contribution is 2.45. The highest BCUT2D eigenvalue weighted by atomic mass is 16.7. The van der Waals surface area contributed by atoms with Crippen LogP contribution in [0.4, 0.5) is 4.79 Å². The zero-order chi connectivity index (χ0) is 22.3. The molecule has 1 unspecified atom stereocenters. The molecular formula is C25H27NO4. The first-order chi connectivity index (χ1) is 14.3. The molecular weight excluding hydrogens is 378 g/mol. The van der Waals surface area contributed by atoms with E-state index in [0.717, 1.165) is 22.3 Å². The van der Waals surface area contributed by atoms with E-state index in [1.54, 1.807) is 30.4 Å². The van der Waals surface area contributed by atoms with Gasteiger partial charge in [0, 0.05) is 5.57 Å². The monoisotopic (exact) mass is 405 g/mol. The number of amides is 1. The van der Waals surface area contributed by atoms with Gasteiger partial charge in [0.1, 0.15) is 11.3 Å². The Balaban J connectivity index is 2.70. The number of carbonyl (C=O) groups excluding carboxylic acids is 2. The summed E-state index contributed by atoms with van der Waals surface area (Å²) in [6, 6.07) is 6.96. The van der Waals surface area contributed by atoms with Crippen LogP contribution in [0, 0.1) is 0 Å². The van der Waals surface area contributed by atoms with Gasteiger partial charge in [0.05, 0.1) is 7.11 Å². The zero-order valence-electron chi connectivity index (χ0n) is 17.8. The van der Waals surface area contributed by atoms with E-state index < -0.39 is 11.7 Å². The van der Waals surface area contributed by atoms with Gasteiger partial charge < -0.3 is 14.8 Å². The van der Waals surface area contributed by atoms with Gasteiger partial charge in [-0.15, -0.1) is 0 Å². The molecule has 1 saturated heterocycles. The van der Waals surface area contributed by atoms with Gasteiger partial charge in [0.15, 0.2) is 0 Å². The molecule has 0 spiro atoms. The van der Waals surface area contributed by atoms with E-state index in [9.17, 15) is 9.59 Å². The molecule has 1 aliphatic rings. The van der Waals surface area contributed by atoms with Crippen molar-refractivity contribution < 1.29 is 19.1 Å². The van der Waals surface area contributed by atoms with Crippen LogP contribution < -0.4 is 10.1 Å². The van der Waals surface area contributed by atoms with Crippen molar-refractivity contribution >= 4 is 12.1 Å². The Labute approximate surface area is 177 Å². The van der Waals surface area contributed by atoms with Crippen LogP contribution in [0.1, 0.15) is 26.3 Å². The number of benzene rings is 1. The molecule has 5 nitrogen and oxygen atoms in total. The second kappa shape index (κ2) is 9.74. The van der Waals surface area contributed by atoms with Gasteiger partial charge in [-0.05, 0) is 49.6 Å². The minimum Gasteiger partial charge on any atom is -0.437 e. The summed E-state index contributed by atoms with van der Waals surface area (Å²) in [5.74, 6) is 0.173. The van der Waals surface area contributed by atoms with Gasteiger partial charge in [0.2, 0.25) is 0 Å². The normalized spacial score (nSPS) is 22.1. The van der Waals surface area contributed by atoms with Crippen LogP contribution >= 0.6 is 0 Å². The number of ether oxygens (including phenoxy) is 2. The molecule has 5 heteroatoms. The number of allylic oxidation sites excluding steroid dienone is 7. The van der Waals surface area contributed by atoms with Crippen LogP contribution in [-0.2, 0) is 15.1 Å². The first kappa shape index (κ1) is 22.7. The van der Waals surface area contributed by atoms with Crippen molar-refractivity contribution in [2.45, 2.75) is 26.3 Å². The molecule has 30 heavy (non-hydrogen) atoms. The first-order valence-electron chi connectivity index (χ1n) is 9.50. The topological polar surface area (TPSA) is 64.6 Å². The summed E-state index contributed by atoms with van der Waals surface area (Å²) in [6.45, 7) is 13.3. The van der Waals surface area contributed by atoms with Crippen molar-refractivity contribution in [2.75, 3.05) is 7.11 Å². The summed E-state index contributed by atoms with van der Waals surface area (Å²) < 4.78 is 9.61. The van der Waals surface area contributed by atoms with Gasteiger partial charge in [-0.1, -0.05) is 67.3 Å². The lowest BCUT2D eigenvalue weighted by Crippen LogP contribution is -2.41. The predicted octanol–water partition coefficient (Wildman–Crippen LogP) is 5.29. The molecule has 1 fully saturated rings. The summed E-state index contributed by atoms with van der Waals surface area (Å²) >= 11 is 0. The van der Waals surface area contributed by atoms with Crippen molar-refractivity contribution in [1.29, 1.82) is 0 Å². The van der Waals surface area contributed by atoms with E-state index in [1.807, 2.05) is 51.1 Å². The molecule has 1 aromatic carbocycles. The smallest absolute Gasteiger partial charge is 0.437 e. The summed E-state index contributed by atoms with van der Waals surface area (Å²) in [4.78, 5) is 24.2. The quantitative estimate of drug-likeness (QED) is 0.302. The molecule has 1 heterocycles. The SMILES string of the molecule is C=CC=C1/C(=C\C)C(=O)NC1(/C(C)=C/C=C(/C)C=C)c1ccc(OC(=O)OC)cc1. The van der Waals surface area contributed by atoms with Gasteiger partial charge >= 0.3 is 6.16 Å². The fourth-order valence-electron chi connectivity index (χ4n) is 3.38. The standard InChI is InChI=1S/C25H27NO4/c1-7-10-22-21(9-3)23(27)26-25(22,18(5)12-11-17(4)8-2)19-13-15-20(16-14-19)30-24(28)29-6/h7-16H,1-2H2,3-6H3,(H,26,27)/b17-11-,18-12+,21-9+,22-10?. The van der Waals surface area contributed by atoms with E-state index in [4.69, 9.17) is 4.74 Å². The van der Waals surface area contributed by atoms with Crippen molar-refractivity contribution in [3.8, 4) is 5.75 Å². The molecule has 1 atom stereocenters. The lowest BCUT2D eigenvalue weighted by Gasteiger charge is -2.33. The number of methoxy groups -OCH3 is 1. The molecule has 1 amide bonds. The number of rotatable bonds is 6. The number of hydrogen-bond acceptors (Lipinski definition) is 4. The Kier molecular flexibility index (Phi) is 7.37. The Hall–Kier alpha value is -3.60. The largest absolute Gasteiger partial charge is 0.513 e. The van der Waals surface area contributed by atoms with E-state index in [0.29, 0.717) is 11.3 Å². The summed E-state index contributed by atoms with van der Waals surface area (Å²) in [5, 5.41) is 3.15. The second-order valence-electron chi connectivity index (χ2n) is 6.77. The van der Waals surface area contributed by atoms with Crippen LogP contribution in [0.25, 0.3) is 0 Å². The summed E-state index contributed by atoms with van der Waals surface area (Å²) in [5.41, 5.74) is 3.21. The average molecular weight is 405 g/mol. The Morgan fingerprint density at radius 3 is 2.33 bits per heavy atom. The third-order valence-electron chi connectivity index (χ3n) is 4.98. The van der Waals surface area contributed by atoms with Gasteiger partial charge in [0.25, 0.3) is 5.91 Å².